The first-order valence-corrected chi connectivity index (χ1v) is 4.99. The zero-order chi connectivity index (χ0) is 11.6. The summed E-state index contributed by atoms with van der Waals surface area (Å²) in [6.45, 7) is 0.276. The van der Waals surface area contributed by atoms with E-state index in [4.69, 9.17) is 0 Å². The number of rotatable bonds is 3. The number of carbonyl (C=O) groups is 1. The summed E-state index contributed by atoms with van der Waals surface area (Å²) in [7, 11) is 0. The zero-order valence-electron chi connectivity index (χ0n) is 8.49. The van der Waals surface area contributed by atoms with Gasteiger partial charge in [-0.15, -0.1) is 0 Å². The van der Waals surface area contributed by atoms with E-state index in [-0.39, 0.29) is 36.9 Å². The smallest absolute Gasteiger partial charge is 0.270 e. The largest absolute Gasteiger partial charge is 0.350 e. The van der Waals surface area contributed by atoms with Gasteiger partial charge < -0.3 is 5.32 Å². The van der Waals surface area contributed by atoms with E-state index >= 15 is 0 Å². The molecule has 0 bridgehead atoms. The van der Waals surface area contributed by atoms with Crippen LogP contribution < -0.4 is 5.32 Å². The standard InChI is InChI=1S/C10H11F2N3O/c11-10(12)3-7(4-10)5-14-9(16)8-1-2-13-6-15-8/h1-2,6-7H,3-5H2,(H,14,16). The van der Waals surface area contributed by atoms with Crippen molar-refractivity contribution < 1.29 is 13.6 Å². The lowest BCUT2D eigenvalue weighted by Crippen LogP contribution is -2.42. The van der Waals surface area contributed by atoms with Gasteiger partial charge in [-0.05, 0) is 12.0 Å². The number of halogens is 2. The molecule has 1 heterocycles. The molecule has 6 heteroatoms. The van der Waals surface area contributed by atoms with Crippen molar-refractivity contribution in [2.45, 2.75) is 18.8 Å². The van der Waals surface area contributed by atoms with E-state index in [1.165, 1.54) is 18.6 Å². The minimum Gasteiger partial charge on any atom is -0.350 e. The van der Waals surface area contributed by atoms with Crippen LogP contribution in [0.25, 0.3) is 0 Å². The molecular weight excluding hydrogens is 216 g/mol. The summed E-state index contributed by atoms with van der Waals surface area (Å²) < 4.78 is 25.0. The fourth-order valence-electron chi connectivity index (χ4n) is 1.68. The molecule has 16 heavy (non-hydrogen) atoms. The highest BCUT2D eigenvalue weighted by Gasteiger charge is 2.44. The Morgan fingerprint density at radius 2 is 2.31 bits per heavy atom. The van der Waals surface area contributed by atoms with Crippen molar-refractivity contribution >= 4 is 5.91 Å². The van der Waals surface area contributed by atoms with Crippen LogP contribution >= 0.6 is 0 Å². The Morgan fingerprint density at radius 1 is 1.56 bits per heavy atom. The fourth-order valence-corrected chi connectivity index (χ4v) is 1.68. The Hall–Kier alpha value is -1.59. The molecule has 1 fully saturated rings. The van der Waals surface area contributed by atoms with Crippen LogP contribution in [-0.4, -0.2) is 28.3 Å². The molecule has 0 aromatic carbocycles. The van der Waals surface area contributed by atoms with Crippen molar-refractivity contribution in [3.8, 4) is 0 Å². The topological polar surface area (TPSA) is 54.9 Å². The molecule has 0 radical (unpaired) electrons. The van der Waals surface area contributed by atoms with Gasteiger partial charge in [-0.3, -0.25) is 4.79 Å². The molecule has 0 saturated heterocycles. The second kappa shape index (κ2) is 4.11. The normalized spacial score (nSPS) is 18.9. The minimum absolute atomic E-state index is 0.124. The van der Waals surface area contributed by atoms with Gasteiger partial charge in [0.15, 0.2) is 0 Å². The lowest BCUT2D eigenvalue weighted by atomic mass is 9.81. The number of aromatic nitrogens is 2. The first-order chi connectivity index (χ1) is 7.57. The number of hydrogen-bond donors (Lipinski definition) is 1. The molecule has 1 aliphatic rings. The van der Waals surface area contributed by atoms with E-state index in [1.807, 2.05) is 0 Å². The SMILES string of the molecule is O=C(NCC1CC(F)(F)C1)c1ccncn1. The Bertz CT molecular complexity index is 375. The maximum Gasteiger partial charge on any atom is 0.270 e. The molecule has 1 amide bonds. The summed E-state index contributed by atoms with van der Waals surface area (Å²) in [5.41, 5.74) is 0.251. The molecular formula is C10H11F2N3O. The zero-order valence-corrected chi connectivity index (χ0v) is 8.49. The van der Waals surface area contributed by atoms with Crippen molar-refractivity contribution in [3.63, 3.8) is 0 Å². The maximum atomic E-state index is 12.5. The summed E-state index contributed by atoms with van der Waals surface area (Å²) in [5, 5.41) is 2.58. The molecule has 1 aromatic heterocycles. The molecule has 0 spiro atoms. The lowest BCUT2D eigenvalue weighted by molar-refractivity contribution is -0.108. The summed E-state index contributed by atoms with van der Waals surface area (Å²) in [4.78, 5) is 18.9. The third kappa shape index (κ3) is 2.50. The third-order valence-corrected chi connectivity index (χ3v) is 2.54. The van der Waals surface area contributed by atoms with Gasteiger partial charge >= 0.3 is 0 Å². The molecule has 0 unspecified atom stereocenters. The molecule has 2 rings (SSSR count). The van der Waals surface area contributed by atoms with Crippen molar-refractivity contribution in [2.75, 3.05) is 6.54 Å². The summed E-state index contributed by atoms with van der Waals surface area (Å²) in [6.07, 6.45) is 2.44. The lowest BCUT2D eigenvalue weighted by Gasteiger charge is -2.34. The van der Waals surface area contributed by atoms with Gasteiger partial charge in [0.05, 0.1) is 0 Å². The van der Waals surface area contributed by atoms with Crippen LogP contribution in [0.2, 0.25) is 0 Å². The molecule has 0 atom stereocenters. The van der Waals surface area contributed by atoms with Crippen LogP contribution in [0.15, 0.2) is 18.6 Å². The third-order valence-electron chi connectivity index (χ3n) is 2.54. The number of amides is 1. The highest BCUT2D eigenvalue weighted by atomic mass is 19.3. The Balaban J connectivity index is 1.77. The van der Waals surface area contributed by atoms with E-state index in [1.54, 1.807) is 0 Å². The van der Waals surface area contributed by atoms with Crippen molar-refractivity contribution in [1.82, 2.24) is 15.3 Å². The number of alkyl halides is 2. The van der Waals surface area contributed by atoms with Crippen LogP contribution in [0.1, 0.15) is 23.3 Å². The van der Waals surface area contributed by atoms with Crippen LogP contribution in [0.3, 0.4) is 0 Å². The fraction of sp³-hybridized carbons (Fsp3) is 0.500. The Labute approximate surface area is 91.1 Å². The quantitative estimate of drug-likeness (QED) is 0.845. The predicted octanol–water partition coefficient (Wildman–Crippen LogP) is 1.25. The predicted molar refractivity (Wildman–Crippen MR) is 52.0 cm³/mol. The second-order valence-corrected chi connectivity index (χ2v) is 3.93. The number of carbonyl (C=O) groups excluding carboxylic acids is 1. The molecule has 1 aliphatic carbocycles. The van der Waals surface area contributed by atoms with Gasteiger partial charge in [-0.25, -0.2) is 18.7 Å². The van der Waals surface area contributed by atoms with Crippen LogP contribution in [0.5, 0.6) is 0 Å². The van der Waals surface area contributed by atoms with Gasteiger partial charge in [-0.2, -0.15) is 0 Å². The van der Waals surface area contributed by atoms with E-state index < -0.39 is 5.92 Å². The Kier molecular flexibility index (Phi) is 2.80. The van der Waals surface area contributed by atoms with Gasteiger partial charge in [0, 0.05) is 25.6 Å². The van der Waals surface area contributed by atoms with Gasteiger partial charge in [0.2, 0.25) is 5.92 Å². The minimum atomic E-state index is -2.54. The number of nitrogens with one attached hydrogen (secondary N) is 1. The summed E-state index contributed by atoms with van der Waals surface area (Å²) >= 11 is 0. The average Bonchev–Trinajstić information content (AvgIpc) is 2.24. The van der Waals surface area contributed by atoms with Gasteiger partial charge in [0.25, 0.3) is 5.91 Å². The summed E-state index contributed by atoms with van der Waals surface area (Å²) in [6, 6.07) is 1.48. The van der Waals surface area contributed by atoms with Crippen molar-refractivity contribution in [2.24, 2.45) is 5.92 Å². The monoisotopic (exact) mass is 227 g/mol. The highest BCUT2D eigenvalue weighted by molar-refractivity contribution is 5.92. The second-order valence-electron chi connectivity index (χ2n) is 3.93. The number of hydrogen-bond acceptors (Lipinski definition) is 3. The summed E-state index contributed by atoms with van der Waals surface area (Å²) in [5.74, 6) is -3.01. The molecule has 4 nitrogen and oxygen atoms in total. The highest BCUT2D eigenvalue weighted by Crippen LogP contribution is 2.41. The number of nitrogens with zero attached hydrogens (tertiary/aromatic N) is 2. The first kappa shape index (κ1) is 10.9. The van der Waals surface area contributed by atoms with Crippen LogP contribution in [-0.2, 0) is 0 Å². The molecule has 1 saturated carbocycles. The first-order valence-electron chi connectivity index (χ1n) is 4.99. The van der Waals surface area contributed by atoms with E-state index in [0.29, 0.717) is 0 Å². The Morgan fingerprint density at radius 3 is 2.88 bits per heavy atom. The van der Waals surface area contributed by atoms with Crippen molar-refractivity contribution in [1.29, 1.82) is 0 Å². The van der Waals surface area contributed by atoms with E-state index in [0.717, 1.165) is 0 Å². The average molecular weight is 227 g/mol. The van der Waals surface area contributed by atoms with Crippen molar-refractivity contribution in [3.05, 3.63) is 24.3 Å². The molecule has 0 aliphatic heterocycles. The molecule has 1 aromatic rings. The van der Waals surface area contributed by atoms with Crippen LogP contribution in [0, 0.1) is 5.92 Å². The molecule has 86 valence electrons. The van der Waals surface area contributed by atoms with Crippen LogP contribution in [0.4, 0.5) is 8.78 Å². The van der Waals surface area contributed by atoms with Gasteiger partial charge in [-0.1, -0.05) is 0 Å². The maximum absolute atomic E-state index is 12.5. The van der Waals surface area contributed by atoms with Gasteiger partial charge in [0.1, 0.15) is 12.0 Å². The van der Waals surface area contributed by atoms with E-state index in [2.05, 4.69) is 15.3 Å². The van der Waals surface area contributed by atoms with E-state index in [9.17, 15) is 13.6 Å². The molecule has 1 N–H and O–H groups in total.